The van der Waals surface area contributed by atoms with Gasteiger partial charge in [0.1, 0.15) is 11.6 Å². The van der Waals surface area contributed by atoms with Crippen LogP contribution in [0.15, 0.2) is 54.7 Å². The predicted molar refractivity (Wildman–Crippen MR) is 120 cm³/mol. The van der Waals surface area contributed by atoms with Crippen molar-refractivity contribution in [3.8, 4) is 23.0 Å². The van der Waals surface area contributed by atoms with Gasteiger partial charge >= 0.3 is 0 Å². The first kappa shape index (κ1) is 19.9. The Kier molecular flexibility index (Phi) is 4.89. The van der Waals surface area contributed by atoms with Gasteiger partial charge in [0.25, 0.3) is 5.95 Å². The number of carbonyl (C=O) groups excluding carboxylic acids is 1. The maximum atomic E-state index is 12.7. The highest BCUT2D eigenvalue weighted by atomic mass is 16.5. The molecule has 0 unspecified atom stereocenters. The number of anilines is 1. The van der Waals surface area contributed by atoms with Crippen molar-refractivity contribution in [3.05, 3.63) is 77.1 Å². The molecule has 8 heteroatoms. The lowest BCUT2D eigenvalue weighted by atomic mass is 9.85. The zero-order valence-electron chi connectivity index (χ0n) is 18.0. The third-order valence-electron chi connectivity index (χ3n) is 5.70. The van der Waals surface area contributed by atoms with E-state index in [4.69, 9.17) is 4.74 Å². The van der Waals surface area contributed by atoms with E-state index in [1.807, 2.05) is 62.4 Å². The molecule has 0 spiro atoms. The number of fused-ring (bicyclic) bond motifs is 1. The number of aromatic nitrogens is 5. The van der Waals surface area contributed by atoms with Gasteiger partial charge in [0, 0.05) is 29.0 Å². The molecule has 0 fully saturated rings. The molecule has 1 aliphatic heterocycles. The first-order valence-corrected chi connectivity index (χ1v) is 10.3. The number of rotatable bonds is 4. The number of amides is 1. The zero-order valence-corrected chi connectivity index (χ0v) is 18.0. The first-order valence-electron chi connectivity index (χ1n) is 10.3. The number of nitrogens with one attached hydrogen (secondary N) is 1. The van der Waals surface area contributed by atoms with Gasteiger partial charge in [0.15, 0.2) is 0 Å². The number of ether oxygens (including phenoxy) is 1. The number of hydrogen-bond acceptors (Lipinski definition) is 6. The molecule has 2 aromatic heterocycles. The van der Waals surface area contributed by atoms with Gasteiger partial charge in [-0.1, -0.05) is 48.0 Å². The lowest BCUT2D eigenvalue weighted by Crippen LogP contribution is -2.25. The smallest absolute Gasteiger partial charge is 0.272 e. The summed E-state index contributed by atoms with van der Waals surface area (Å²) in [4.78, 5) is 17.3. The van der Waals surface area contributed by atoms with Crippen molar-refractivity contribution < 1.29 is 9.53 Å². The Bertz CT molecular complexity index is 1310. The number of para-hydroxylation sites is 1. The van der Waals surface area contributed by atoms with Gasteiger partial charge in [0.2, 0.25) is 5.91 Å². The maximum Gasteiger partial charge on any atom is 0.272 e. The number of methoxy groups -OCH3 is 1. The van der Waals surface area contributed by atoms with Gasteiger partial charge in [-0.25, -0.2) is 4.98 Å². The maximum absolute atomic E-state index is 12.7. The molecule has 1 atom stereocenters. The van der Waals surface area contributed by atoms with Crippen LogP contribution in [0.25, 0.3) is 17.2 Å². The van der Waals surface area contributed by atoms with Gasteiger partial charge in [-0.15, -0.1) is 5.10 Å². The molecule has 0 bridgehead atoms. The summed E-state index contributed by atoms with van der Waals surface area (Å²) in [6, 6.07) is 15.8. The molecule has 0 saturated heterocycles. The van der Waals surface area contributed by atoms with Crippen LogP contribution in [0.1, 0.15) is 34.7 Å². The van der Waals surface area contributed by atoms with Crippen LogP contribution in [0, 0.1) is 13.8 Å². The topological polar surface area (TPSA) is 94.8 Å². The number of carbonyl (C=O) groups is 1. The van der Waals surface area contributed by atoms with Crippen LogP contribution in [0.3, 0.4) is 0 Å². The second kappa shape index (κ2) is 7.88. The molecule has 2 aromatic carbocycles. The van der Waals surface area contributed by atoms with Crippen LogP contribution in [0.5, 0.6) is 5.75 Å². The van der Waals surface area contributed by atoms with E-state index in [0.29, 0.717) is 23.9 Å². The highest BCUT2D eigenvalue weighted by Gasteiger charge is 2.34. The molecule has 160 valence electrons. The Morgan fingerprint density at radius 3 is 2.66 bits per heavy atom. The van der Waals surface area contributed by atoms with Crippen molar-refractivity contribution in [3.63, 3.8) is 0 Å². The Morgan fingerprint density at radius 2 is 1.88 bits per heavy atom. The largest absolute Gasteiger partial charge is 0.496 e. The number of nitrogens with zero attached hydrogens (tertiary/aromatic N) is 5. The Hall–Kier alpha value is -4.07. The van der Waals surface area contributed by atoms with E-state index in [1.54, 1.807) is 18.0 Å². The highest BCUT2D eigenvalue weighted by Crippen LogP contribution is 2.42. The Labute approximate surface area is 185 Å². The van der Waals surface area contributed by atoms with Crippen molar-refractivity contribution in [1.82, 2.24) is 25.0 Å². The third-order valence-corrected chi connectivity index (χ3v) is 5.70. The summed E-state index contributed by atoms with van der Waals surface area (Å²) in [6.45, 7) is 3.96. The van der Waals surface area contributed by atoms with Crippen molar-refractivity contribution in [2.75, 3.05) is 12.4 Å². The highest BCUT2D eigenvalue weighted by molar-refractivity contribution is 5.95. The van der Waals surface area contributed by atoms with Gasteiger partial charge < -0.3 is 10.1 Å². The van der Waals surface area contributed by atoms with E-state index >= 15 is 0 Å². The minimum absolute atomic E-state index is 0.0998. The van der Waals surface area contributed by atoms with Crippen molar-refractivity contribution in [1.29, 1.82) is 0 Å². The summed E-state index contributed by atoms with van der Waals surface area (Å²) in [5.74, 6) is 1.32. The molecule has 1 aliphatic rings. The summed E-state index contributed by atoms with van der Waals surface area (Å²) < 4.78 is 7.12. The second-order valence-corrected chi connectivity index (χ2v) is 7.81. The Balaban J connectivity index is 1.62. The number of benzene rings is 2. The molecule has 1 amide bonds. The lowest BCUT2D eigenvalue weighted by Gasteiger charge is -2.25. The van der Waals surface area contributed by atoms with E-state index in [9.17, 15) is 4.79 Å². The van der Waals surface area contributed by atoms with E-state index in [0.717, 1.165) is 33.7 Å². The molecular weight excluding hydrogens is 404 g/mol. The molecule has 4 aromatic rings. The summed E-state index contributed by atoms with van der Waals surface area (Å²) in [5, 5.41) is 16.0. The van der Waals surface area contributed by atoms with E-state index in [1.165, 1.54) is 0 Å². The minimum atomic E-state index is -0.183. The zero-order chi connectivity index (χ0) is 22.2. The van der Waals surface area contributed by atoms with Crippen molar-refractivity contribution >= 4 is 11.7 Å². The number of aryl methyl sites for hydroxylation is 2. The van der Waals surface area contributed by atoms with E-state index in [2.05, 4.69) is 25.6 Å². The third kappa shape index (κ3) is 3.39. The summed E-state index contributed by atoms with van der Waals surface area (Å²) in [7, 11) is 1.63. The minimum Gasteiger partial charge on any atom is -0.496 e. The average Bonchev–Trinajstić information content (AvgIpc) is 3.15. The number of hydrogen-bond donors (Lipinski definition) is 1. The van der Waals surface area contributed by atoms with Gasteiger partial charge in [0.05, 0.1) is 24.7 Å². The van der Waals surface area contributed by atoms with Crippen LogP contribution in [0.4, 0.5) is 5.82 Å². The molecule has 0 radical (unpaired) electrons. The van der Waals surface area contributed by atoms with Crippen molar-refractivity contribution in [2.24, 2.45) is 0 Å². The quantitative estimate of drug-likeness (QED) is 0.533. The van der Waals surface area contributed by atoms with E-state index in [-0.39, 0.29) is 11.8 Å². The van der Waals surface area contributed by atoms with Crippen LogP contribution >= 0.6 is 0 Å². The average molecular weight is 426 g/mol. The van der Waals surface area contributed by atoms with Gasteiger partial charge in [-0.3, -0.25) is 4.79 Å². The lowest BCUT2D eigenvalue weighted by molar-refractivity contribution is -0.116. The van der Waals surface area contributed by atoms with Gasteiger partial charge in [-0.05, 0) is 19.9 Å². The normalized spacial score (nSPS) is 15.2. The fourth-order valence-corrected chi connectivity index (χ4v) is 4.16. The Morgan fingerprint density at radius 1 is 1.09 bits per heavy atom. The molecular formula is C24H22N6O2. The summed E-state index contributed by atoms with van der Waals surface area (Å²) >= 11 is 0. The molecule has 8 nitrogen and oxygen atoms in total. The fourth-order valence-electron chi connectivity index (χ4n) is 4.16. The van der Waals surface area contributed by atoms with Crippen LogP contribution < -0.4 is 10.1 Å². The van der Waals surface area contributed by atoms with Crippen LogP contribution in [0.2, 0.25) is 0 Å². The van der Waals surface area contributed by atoms with E-state index < -0.39 is 0 Å². The predicted octanol–water partition coefficient (Wildman–Crippen LogP) is 3.82. The van der Waals surface area contributed by atoms with Crippen LogP contribution in [-0.2, 0) is 4.79 Å². The fraction of sp³-hybridized carbons (Fsp3) is 0.208. The van der Waals surface area contributed by atoms with Crippen LogP contribution in [-0.4, -0.2) is 38.0 Å². The molecule has 0 aliphatic carbocycles. The molecule has 32 heavy (non-hydrogen) atoms. The monoisotopic (exact) mass is 426 g/mol. The second-order valence-electron chi connectivity index (χ2n) is 7.81. The SMILES string of the molecule is COc1ccccc1[C@@H]1CC(=O)Nc2c1c(C)nn2-c1nncc(-c2ccc(C)cc2)n1. The molecule has 3 heterocycles. The van der Waals surface area contributed by atoms with Crippen molar-refractivity contribution in [2.45, 2.75) is 26.2 Å². The first-order chi connectivity index (χ1) is 15.5. The molecule has 1 N–H and O–H groups in total. The molecule has 5 rings (SSSR count). The van der Waals surface area contributed by atoms with Gasteiger partial charge in [-0.2, -0.15) is 14.9 Å². The molecule has 0 saturated carbocycles. The standard InChI is InChI=1S/C24H22N6O2/c1-14-8-10-16(11-9-14)19-13-25-28-24(26-19)30-23-22(15(2)29-30)18(12-21(31)27-23)17-6-4-5-7-20(17)32-3/h4-11,13,18H,12H2,1-3H3,(H,27,31)/t18-/m0/s1. The summed E-state index contributed by atoms with van der Waals surface area (Å²) in [6.07, 6.45) is 1.93. The summed E-state index contributed by atoms with van der Waals surface area (Å²) in [5.41, 5.74) is 5.44.